The Hall–Kier alpha value is -0.570. The number of aliphatic hydroxyl groups is 1. The molecule has 1 heterocycles. The maximum Gasteiger partial charge on any atom is 0.0745 e. The number of β-amino-alcohol motifs (C(OH)–C–C–N with tert-alkyl or cyclic N) is 1. The summed E-state index contributed by atoms with van der Waals surface area (Å²) in [5.74, 6) is 0.284. The highest BCUT2D eigenvalue weighted by atomic mass is 35.5. The minimum absolute atomic E-state index is 0. The van der Waals surface area contributed by atoms with Crippen molar-refractivity contribution in [3.05, 3.63) is 35.9 Å². The van der Waals surface area contributed by atoms with Crippen LogP contribution in [0.2, 0.25) is 0 Å². The molecule has 0 aliphatic carbocycles. The van der Waals surface area contributed by atoms with Crippen LogP contribution in [0.25, 0.3) is 0 Å². The van der Waals surface area contributed by atoms with Crippen LogP contribution in [0.4, 0.5) is 0 Å². The van der Waals surface area contributed by atoms with Crippen LogP contribution in [0.15, 0.2) is 30.3 Å². The van der Waals surface area contributed by atoms with E-state index in [1.807, 2.05) is 18.2 Å². The monoisotopic (exact) mass is 199 g/mol. The van der Waals surface area contributed by atoms with Crippen LogP contribution < -0.4 is 5.32 Å². The SMILES string of the molecule is Cl.O[C@H]1CNC[C@@H]1c1ccccc1. The predicted molar refractivity (Wildman–Crippen MR) is 55.3 cm³/mol. The van der Waals surface area contributed by atoms with Crippen molar-refractivity contribution in [2.75, 3.05) is 13.1 Å². The lowest BCUT2D eigenvalue weighted by atomic mass is 9.96. The molecule has 0 unspecified atom stereocenters. The minimum atomic E-state index is -0.215. The van der Waals surface area contributed by atoms with E-state index in [1.165, 1.54) is 5.56 Å². The molecule has 13 heavy (non-hydrogen) atoms. The highest BCUT2D eigenvalue weighted by molar-refractivity contribution is 5.85. The smallest absolute Gasteiger partial charge is 0.0745 e. The molecule has 1 aromatic carbocycles. The largest absolute Gasteiger partial charge is 0.391 e. The van der Waals surface area contributed by atoms with Gasteiger partial charge >= 0.3 is 0 Å². The zero-order valence-electron chi connectivity index (χ0n) is 7.31. The average Bonchev–Trinajstić information content (AvgIpc) is 2.53. The first kappa shape index (κ1) is 10.5. The second-order valence-corrected chi connectivity index (χ2v) is 3.24. The normalized spacial score (nSPS) is 26.8. The van der Waals surface area contributed by atoms with E-state index in [0.717, 1.165) is 13.1 Å². The van der Waals surface area contributed by atoms with Crippen LogP contribution in [0.5, 0.6) is 0 Å². The van der Waals surface area contributed by atoms with Crippen LogP contribution in [-0.4, -0.2) is 24.3 Å². The number of rotatable bonds is 1. The Morgan fingerprint density at radius 2 is 1.85 bits per heavy atom. The van der Waals surface area contributed by atoms with Crippen LogP contribution in [0, 0.1) is 0 Å². The molecule has 72 valence electrons. The predicted octanol–water partition coefficient (Wildman–Crippen LogP) is 1.16. The molecule has 3 heteroatoms. The van der Waals surface area contributed by atoms with Gasteiger partial charge in [-0.3, -0.25) is 0 Å². The molecule has 1 aliphatic heterocycles. The third-order valence-electron chi connectivity index (χ3n) is 2.41. The molecular formula is C10H14ClNO. The quantitative estimate of drug-likeness (QED) is 0.712. The van der Waals surface area contributed by atoms with Crippen molar-refractivity contribution in [1.82, 2.24) is 5.32 Å². The molecule has 1 aromatic rings. The summed E-state index contributed by atoms with van der Waals surface area (Å²) >= 11 is 0. The topological polar surface area (TPSA) is 32.3 Å². The molecule has 0 aromatic heterocycles. The summed E-state index contributed by atoms with van der Waals surface area (Å²) in [6, 6.07) is 10.2. The van der Waals surface area contributed by atoms with Gasteiger partial charge < -0.3 is 10.4 Å². The molecule has 1 aliphatic rings. The maximum atomic E-state index is 9.58. The summed E-state index contributed by atoms with van der Waals surface area (Å²) in [7, 11) is 0. The van der Waals surface area contributed by atoms with E-state index < -0.39 is 0 Å². The molecule has 0 saturated carbocycles. The Morgan fingerprint density at radius 1 is 1.15 bits per heavy atom. The molecule has 2 rings (SSSR count). The van der Waals surface area contributed by atoms with Gasteiger partial charge in [0, 0.05) is 19.0 Å². The van der Waals surface area contributed by atoms with E-state index >= 15 is 0 Å². The van der Waals surface area contributed by atoms with Gasteiger partial charge in [-0.2, -0.15) is 0 Å². The van der Waals surface area contributed by atoms with E-state index in [0.29, 0.717) is 0 Å². The summed E-state index contributed by atoms with van der Waals surface area (Å²) in [5.41, 5.74) is 1.23. The summed E-state index contributed by atoms with van der Waals surface area (Å²) < 4.78 is 0. The van der Waals surface area contributed by atoms with Crippen LogP contribution in [-0.2, 0) is 0 Å². The van der Waals surface area contributed by atoms with Crippen molar-refractivity contribution in [2.24, 2.45) is 0 Å². The van der Waals surface area contributed by atoms with Crippen LogP contribution in [0.1, 0.15) is 11.5 Å². The zero-order chi connectivity index (χ0) is 8.39. The number of nitrogens with one attached hydrogen (secondary N) is 1. The van der Waals surface area contributed by atoms with Crippen LogP contribution >= 0.6 is 12.4 Å². The molecule has 1 fully saturated rings. The van der Waals surface area contributed by atoms with Gasteiger partial charge in [-0.15, -0.1) is 12.4 Å². The third-order valence-corrected chi connectivity index (χ3v) is 2.41. The van der Waals surface area contributed by atoms with Crippen molar-refractivity contribution in [3.63, 3.8) is 0 Å². The van der Waals surface area contributed by atoms with Crippen molar-refractivity contribution >= 4 is 12.4 Å². The first-order valence-electron chi connectivity index (χ1n) is 4.31. The van der Waals surface area contributed by atoms with Crippen molar-refractivity contribution < 1.29 is 5.11 Å². The summed E-state index contributed by atoms with van der Waals surface area (Å²) in [5, 5.41) is 12.8. The van der Waals surface area contributed by atoms with Gasteiger partial charge in [0.2, 0.25) is 0 Å². The lowest BCUT2D eigenvalue weighted by Gasteiger charge is -2.12. The minimum Gasteiger partial charge on any atom is -0.391 e. The highest BCUT2D eigenvalue weighted by Gasteiger charge is 2.25. The van der Waals surface area contributed by atoms with E-state index in [9.17, 15) is 5.11 Å². The lowest BCUT2D eigenvalue weighted by molar-refractivity contribution is 0.178. The van der Waals surface area contributed by atoms with Gasteiger partial charge in [0.05, 0.1) is 6.10 Å². The molecule has 2 N–H and O–H groups in total. The fourth-order valence-corrected chi connectivity index (χ4v) is 1.71. The second-order valence-electron chi connectivity index (χ2n) is 3.24. The number of hydrogen-bond acceptors (Lipinski definition) is 2. The van der Waals surface area contributed by atoms with Gasteiger partial charge in [-0.1, -0.05) is 30.3 Å². The second kappa shape index (κ2) is 4.61. The van der Waals surface area contributed by atoms with Gasteiger partial charge in [0.25, 0.3) is 0 Å². The Labute approximate surface area is 84.4 Å². The maximum absolute atomic E-state index is 9.58. The Morgan fingerprint density at radius 3 is 2.38 bits per heavy atom. The summed E-state index contributed by atoms with van der Waals surface area (Å²) in [6.07, 6.45) is -0.215. The first-order chi connectivity index (χ1) is 5.88. The molecule has 2 atom stereocenters. The van der Waals surface area contributed by atoms with Crippen LogP contribution in [0.3, 0.4) is 0 Å². The first-order valence-corrected chi connectivity index (χ1v) is 4.31. The van der Waals surface area contributed by atoms with Gasteiger partial charge in [-0.25, -0.2) is 0 Å². The van der Waals surface area contributed by atoms with Crippen molar-refractivity contribution in [2.45, 2.75) is 12.0 Å². The van der Waals surface area contributed by atoms with Gasteiger partial charge in [0.15, 0.2) is 0 Å². The summed E-state index contributed by atoms with van der Waals surface area (Å²) in [6.45, 7) is 1.62. The average molecular weight is 200 g/mol. The molecule has 0 radical (unpaired) electrons. The fraction of sp³-hybridized carbons (Fsp3) is 0.400. The Balaban J connectivity index is 0.000000845. The van der Waals surface area contributed by atoms with Crippen molar-refractivity contribution in [3.8, 4) is 0 Å². The van der Waals surface area contributed by atoms with E-state index in [4.69, 9.17) is 0 Å². The fourth-order valence-electron chi connectivity index (χ4n) is 1.71. The molecule has 0 amide bonds. The summed E-state index contributed by atoms with van der Waals surface area (Å²) in [4.78, 5) is 0. The lowest BCUT2D eigenvalue weighted by Crippen LogP contribution is -2.15. The van der Waals surface area contributed by atoms with Gasteiger partial charge in [0.1, 0.15) is 0 Å². The van der Waals surface area contributed by atoms with E-state index in [1.54, 1.807) is 0 Å². The van der Waals surface area contributed by atoms with E-state index in [2.05, 4.69) is 17.4 Å². The highest BCUT2D eigenvalue weighted by Crippen LogP contribution is 2.21. The number of halogens is 1. The molecule has 2 nitrogen and oxygen atoms in total. The zero-order valence-corrected chi connectivity index (χ0v) is 8.13. The molecule has 0 spiro atoms. The Kier molecular flexibility index (Phi) is 3.72. The molecule has 0 bridgehead atoms. The number of benzene rings is 1. The third kappa shape index (κ3) is 2.21. The van der Waals surface area contributed by atoms with Gasteiger partial charge in [-0.05, 0) is 5.56 Å². The standard InChI is InChI=1S/C10H13NO.ClH/c12-10-7-11-6-9(10)8-4-2-1-3-5-8;/h1-5,9-12H,6-7H2;1H/t9-,10+;/m1./s1. The number of hydrogen-bond donors (Lipinski definition) is 2. The van der Waals surface area contributed by atoms with Crippen molar-refractivity contribution in [1.29, 1.82) is 0 Å². The number of aliphatic hydroxyl groups excluding tert-OH is 1. The Bertz CT molecular complexity index is 252. The van der Waals surface area contributed by atoms with E-state index in [-0.39, 0.29) is 24.4 Å². The molecule has 1 saturated heterocycles. The molecular weight excluding hydrogens is 186 g/mol.